The number of ketones is 1. The Kier molecular flexibility index (Phi) is 5.29. The van der Waals surface area contributed by atoms with Crippen molar-refractivity contribution < 1.29 is 4.79 Å². The largest absolute Gasteiger partial charge is 0.296 e. The smallest absolute Gasteiger partial charge is 0.179 e. The number of hydrogen-bond donors (Lipinski definition) is 0. The number of carbonyl (C=O) groups excluding carboxylic acids is 1. The van der Waals surface area contributed by atoms with Crippen molar-refractivity contribution in [2.24, 2.45) is 0 Å². The maximum Gasteiger partial charge on any atom is 0.179 e. The number of nitrogens with zero attached hydrogens (tertiary/aromatic N) is 3. The summed E-state index contributed by atoms with van der Waals surface area (Å²) in [5.74, 6) is 0.135. The van der Waals surface area contributed by atoms with Crippen molar-refractivity contribution in [3.63, 3.8) is 0 Å². The van der Waals surface area contributed by atoms with Crippen LogP contribution in [0, 0.1) is 0 Å². The maximum absolute atomic E-state index is 12.4. The molecule has 1 atom stereocenters. The highest BCUT2D eigenvalue weighted by atomic mass is 35.5. The van der Waals surface area contributed by atoms with Crippen molar-refractivity contribution in [2.75, 3.05) is 19.6 Å². The first kappa shape index (κ1) is 16.0. The molecule has 1 unspecified atom stereocenters. The molecule has 1 aromatic rings. The van der Waals surface area contributed by atoms with Crippen molar-refractivity contribution in [1.82, 2.24) is 14.7 Å². The third-order valence-electron chi connectivity index (χ3n) is 4.10. The molecular weight excluding hydrogens is 310 g/mol. The van der Waals surface area contributed by atoms with Gasteiger partial charge in [-0.15, -0.1) is 5.73 Å². The normalized spacial score (nSPS) is 25.4. The minimum atomic E-state index is -0.0659. The van der Waals surface area contributed by atoms with Crippen molar-refractivity contribution >= 4 is 17.4 Å². The lowest BCUT2D eigenvalue weighted by Crippen LogP contribution is -2.34. The second-order valence-corrected chi connectivity index (χ2v) is 6.31. The Hall–Kier alpha value is -1.87. The molecule has 1 aliphatic heterocycles. The fraction of sp³-hybridized carbons (Fsp3) is 0.389. The monoisotopic (exact) mass is 329 g/mol. The molecule has 0 amide bonds. The van der Waals surface area contributed by atoms with Crippen LogP contribution in [0.15, 0.2) is 53.5 Å². The van der Waals surface area contributed by atoms with E-state index in [1.807, 2.05) is 24.4 Å². The topological polar surface area (TPSA) is 38.1 Å². The van der Waals surface area contributed by atoms with Gasteiger partial charge in [-0.05, 0) is 44.2 Å². The molecular formula is C18H20ClN3O. The summed E-state index contributed by atoms with van der Waals surface area (Å²) in [6, 6.07) is -0.0659. The van der Waals surface area contributed by atoms with Crippen molar-refractivity contribution in [1.29, 1.82) is 0 Å². The molecule has 0 spiro atoms. The summed E-state index contributed by atoms with van der Waals surface area (Å²) >= 11 is 5.93. The van der Waals surface area contributed by atoms with Crippen LogP contribution in [0.2, 0.25) is 0 Å². The van der Waals surface area contributed by atoms with E-state index in [2.05, 4.69) is 15.7 Å². The predicted octanol–water partition coefficient (Wildman–Crippen LogP) is 3.50. The van der Waals surface area contributed by atoms with Crippen LogP contribution in [0.5, 0.6) is 0 Å². The summed E-state index contributed by atoms with van der Waals surface area (Å²) in [5, 5.41) is 4.97. The lowest BCUT2D eigenvalue weighted by Gasteiger charge is -2.25. The average Bonchev–Trinajstić information content (AvgIpc) is 3.02. The van der Waals surface area contributed by atoms with Gasteiger partial charge >= 0.3 is 0 Å². The molecule has 3 rings (SSSR count). The molecule has 0 bridgehead atoms. The molecule has 2 aliphatic rings. The van der Waals surface area contributed by atoms with Gasteiger partial charge < -0.3 is 0 Å². The van der Waals surface area contributed by atoms with Gasteiger partial charge in [-0.25, -0.2) is 0 Å². The summed E-state index contributed by atoms with van der Waals surface area (Å²) in [7, 11) is 0. The molecule has 1 aliphatic carbocycles. The third-order valence-corrected chi connectivity index (χ3v) is 4.33. The standard InChI is InChI=1S/C18H20ClN3O/c19-16-6-4-8-17(9-5-7-16)22-13-15(12-20-22)18(23)14-21-10-2-1-3-11-21/h4,6-9,12-13,17H,1-3,10-11,14H2/b8-4+,16-6+. The van der Waals surface area contributed by atoms with E-state index in [1.165, 1.54) is 19.3 Å². The molecule has 5 heteroatoms. The summed E-state index contributed by atoms with van der Waals surface area (Å²) in [6.45, 7) is 2.53. The van der Waals surface area contributed by atoms with Crippen LogP contribution in [0.25, 0.3) is 0 Å². The molecule has 0 radical (unpaired) electrons. The van der Waals surface area contributed by atoms with E-state index in [-0.39, 0.29) is 11.8 Å². The lowest BCUT2D eigenvalue weighted by molar-refractivity contribution is 0.0915. The van der Waals surface area contributed by atoms with Crippen LogP contribution < -0.4 is 0 Å². The maximum atomic E-state index is 12.4. The minimum absolute atomic E-state index is 0.0659. The van der Waals surface area contributed by atoms with Crippen molar-refractivity contribution in [2.45, 2.75) is 25.3 Å². The van der Waals surface area contributed by atoms with Crippen LogP contribution in [0.3, 0.4) is 0 Å². The number of hydrogen-bond acceptors (Lipinski definition) is 3. The molecule has 0 N–H and O–H groups in total. The molecule has 4 nitrogen and oxygen atoms in total. The quantitative estimate of drug-likeness (QED) is 0.627. The van der Waals surface area contributed by atoms with E-state index in [1.54, 1.807) is 23.0 Å². The summed E-state index contributed by atoms with van der Waals surface area (Å²) in [5.41, 5.74) is 3.70. The zero-order chi connectivity index (χ0) is 16.1. The van der Waals surface area contributed by atoms with E-state index >= 15 is 0 Å². The molecule has 120 valence electrons. The second-order valence-electron chi connectivity index (χ2n) is 5.87. The van der Waals surface area contributed by atoms with E-state index in [4.69, 9.17) is 11.6 Å². The molecule has 0 aromatic carbocycles. The Morgan fingerprint density at radius 2 is 2.17 bits per heavy atom. The van der Waals surface area contributed by atoms with Gasteiger partial charge in [0.2, 0.25) is 0 Å². The van der Waals surface area contributed by atoms with Gasteiger partial charge in [0.1, 0.15) is 0 Å². The zero-order valence-electron chi connectivity index (χ0n) is 13.0. The number of rotatable bonds is 4. The number of likely N-dealkylation sites (tertiary alicyclic amines) is 1. The molecule has 1 aromatic heterocycles. The average molecular weight is 330 g/mol. The van der Waals surface area contributed by atoms with E-state index in [0.717, 1.165) is 13.1 Å². The van der Waals surface area contributed by atoms with E-state index in [9.17, 15) is 4.79 Å². The Morgan fingerprint density at radius 3 is 3.00 bits per heavy atom. The van der Waals surface area contributed by atoms with E-state index in [0.29, 0.717) is 17.1 Å². The van der Waals surface area contributed by atoms with Crippen molar-refractivity contribution in [3.8, 4) is 0 Å². The fourth-order valence-corrected chi connectivity index (χ4v) is 2.95. The fourth-order valence-electron chi connectivity index (χ4n) is 2.81. The second kappa shape index (κ2) is 7.60. The van der Waals surface area contributed by atoms with Gasteiger partial charge in [-0.1, -0.05) is 30.2 Å². The van der Waals surface area contributed by atoms with Crippen molar-refractivity contribution in [3.05, 3.63) is 59.1 Å². The number of allylic oxidation sites excluding steroid dienone is 5. The van der Waals surface area contributed by atoms with Gasteiger partial charge in [-0.3, -0.25) is 14.4 Å². The highest BCUT2D eigenvalue weighted by Gasteiger charge is 2.17. The summed E-state index contributed by atoms with van der Waals surface area (Å²) in [4.78, 5) is 14.6. The van der Waals surface area contributed by atoms with Gasteiger partial charge in [0.05, 0.1) is 24.3 Å². The lowest BCUT2D eigenvalue weighted by atomic mass is 10.1. The predicted molar refractivity (Wildman–Crippen MR) is 91.6 cm³/mol. The van der Waals surface area contributed by atoms with E-state index < -0.39 is 0 Å². The first-order valence-corrected chi connectivity index (χ1v) is 8.36. The highest BCUT2D eigenvalue weighted by Crippen LogP contribution is 2.15. The molecule has 1 fully saturated rings. The van der Waals surface area contributed by atoms with Crippen LogP contribution in [-0.4, -0.2) is 40.1 Å². The number of halogens is 1. The van der Waals surface area contributed by atoms with Crippen LogP contribution in [0.4, 0.5) is 0 Å². The molecule has 2 heterocycles. The number of piperidine rings is 1. The van der Waals surface area contributed by atoms with Gasteiger partial charge in [0.25, 0.3) is 0 Å². The Bertz CT molecular complexity index is 689. The highest BCUT2D eigenvalue weighted by molar-refractivity contribution is 6.31. The number of Topliss-reactive ketones (excluding diaryl/α,β-unsaturated/α-hetero) is 1. The van der Waals surface area contributed by atoms with Crippen LogP contribution in [-0.2, 0) is 0 Å². The molecule has 1 saturated heterocycles. The van der Waals surface area contributed by atoms with Gasteiger partial charge in [0, 0.05) is 11.2 Å². The van der Waals surface area contributed by atoms with Crippen LogP contribution in [0.1, 0.15) is 35.7 Å². The number of aromatic nitrogens is 2. The molecule has 23 heavy (non-hydrogen) atoms. The Labute approximate surface area is 141 Å². The first-order valence-electron chi connectivity index (χ1n) is 7.99. The SMILES string of the molecule is O=C(CN1CCCCC1)c1cnn(C2C=C=C/C(Cl)=C\C=C\2)c1. The Morgan fingerprint density at radius 1 is 1.35 bits per heavy atom. The number of carbonyl (C=O) groups is 1. The van der Waals surface area contributed by atoms with Gasteiger partial charge in [-0.2, -0.15) is 5.10 Å². The zero-order valence-corrected chi connectivity index (χ0v) is 13.7. The third kappa shape index (κ3) is 4.32. The minimum Gasteiger partial charge on any atom is -0.296 e. The Balaban J connectivity index is 1.68. The first-order chi connectivity index (χ1) is 11.2. The summed E-state index contributed by atoms with van der Waals surface area (Å²) in [6.07, 6.45) is 16.4. The van der Waals surface area contributed by atoms with Crippen LogP contribution >= 0.6 is 11.6 Å². The molecule has 0 saturated carbocycles. The van der Waals surface area contributed by atoms with Gasteiger partial charge in [0.15, 0.2) is 5.78 Å². The summed E-state index contributed by atoms with van der Waals surface area (Å²) < 4.78 is 1.77.